The molecule has 0 aromatic heterocycles. The molecule has 1 aromatic rings. The van der Waals surface area contributed by atoms with Crippen LogP contribution in [-0.4, -0.2) is 104 Å². The van der Waals surface area contributed by atoms with Gasteiger partial charge in [0.1, 0.15) is 12.6 Å². The first-order chi connectivity index (χ1) is 25.6. The predicted octanol–water partition coefficient (Wildman–Crippen LogP) is 6.09. The van der Waals surface area contributed by atoms with Gasteiger partial charge in [-0.25, -0.2) is 0 Å². The number of hydrogen-bond acceptors (Lipinski definition) is 9. The summed E-state index contributed by atoms with van der Waals surface area (Å²) in [5, 5.41) is 7.40. The molecule has 0 bridgehead atoms. The quantitative estimate of drug-likeness (QED) is 0.0974. The summed E-state index contributed by atoms with van der Waals surface area (Å²) in [6.07, 6.45) is -2.52. The number of likely N-dealkylation sites (tertiary alicyclic amines) is 1. The van der Waals surface area contributed by atoms with Gasteiger partial charge in [0, 0.05) is 44.6 Å². The summed E-state index contributed by atoms with van der Waals surface area (Å²) < 4.78 is 51.5. The van der Waals surface area contributed by atoms with E-state index >= 15 is 0 Å². The average Bonchev–Trinajstić information content (AvgIpc) is 3.38. The number of ether oxygens (including phenoxy) is 2. The van der Waals surface area contributed by atoms with Crippen molar-refractivity contribution in [3.05, 3.63) is 29.8 Å². The topological polar surface area (TPSA) is 146 Å². The summed E-state index contributed by atoms with van der Waals surface area (Å²) in [5.74, 6) is -3.09. The Hall–Kier alpha value is -3.56. The second kappa shape index (κ2) is 27.9. The zero-order chi connectivity index (χ0) is 41.3. The summed E-state index contributed by atoms with van der Waals surface area (Å²) in [7, 11) is 0. The molecule has 1 aromatic carbocycles. The van der Waals surface area contributed by atoms with Crippen molar-refractivity contribution in [1.29, 1.82) is 0 Å². The first-order valence-electron chi connectivity index (χ1n) is 19.4. The molecule has 2 heterocycles. The third-order valence-corrected chi connectivity index (χ3v) is 8.32. The lowest BCUT2D eigenvalue weighted by molar-refractivity contribution is -0.161. The Morgan fingerprint density at radius 1 is 0.963 bits per heavy atom. The van der Waals surface area contributed by atoms with Crippen molar-refractivity contribution in [1.82, 2.24) is 20.4 Å². The van der Waals surface area contributed by atoms with Crippen LogP contribution in [0.15, 0.2) is 24.3 Å². The first-order valence-corrected chi connectivity index (χ1v) is 19.4. The van der Waals surface area contributed by atoms with Crippen LogP contribution in [0.4, 0.5) is 18.9 Å². The van der Waals surface area contributed by atoms with E-state index in [9.17, 15) is 37.1 Å². The fraction of sp³-hybridized carbons (Fsp3) is 0.718. The fourth-order valence-electron chi connectivity index (χ4n) is 5.50. The Bertz CT molecular complexity index is 1240. The number of amides is 4. The largest absolute Gasteiger partial charge is 0.461 e. The normalized spacial score (nSPS) is 16.8. The maximum atomic E-state index is 13.8. The number of unbranched alkanes of at least 4 members (excludes halogenated alkanes) is 2. The van der Waals surface area contributed by atoms with E-state index in [0.717, 1.165) is 26.3 Å². The van der Waals surface area contributed by atoms with E-state index in [2.05, 4.69) is 27.8 Å². The molecule has 12 nitrogen and oxygen atoms in total. The minimum atomic E-state index is -4.61. The lowest BCUT2D eigenvalue weighted by Gasteiger charge is -2.29. The van der Waals surface area contributed by atoms with E-state index in [0.29, 0.717) is 24.1 Å². The van der Waals surface area contributed by atoms with Crippen LogP contribution in [0.1, 0.15) is 106 Å². The Morgan fingerprint density at radius 2 is 1.57 bits per heavy atom. The molecule has 0 spiro atoms. The molecule has 3 rings (SSSR count). The van der Waals surface area contributed by atoms with Crippen LogP contribution in [0.25, 0.3) is 0 Å². The van der Waals surface area contributed by atoms with Crippen molar-refractivity contribution >= 4 is 35.3 Å². The number of halogens is 3. The zero-order valence-electron chi connectivity index (χ0n) is 33.9. The van der Waals surface area contributed by atoms with Crippen LogP contribution < -0.4 is 16.0 Å². The summed E-state index contributed by atoms with van der Waals surface area (Å²) in [6, 6.07) is 3.34. The SMILES string of the molecule is CC.CC.CC(=O)OCc1ccc(NC(=O)CNC(=O)C(NC(CCCCCN2C(=O)CC(C)C2=O)C(F)(F)F)C(C)C)cc1.CCCN1CCOCC1. The van der Waals surface area contributed by atoms with E-state index < -0.39 is 48.5 Å². The Labute approximate surface area is 320 Å². The van der Waals surface area contributed by atoms with Gasteiger partial charge in [-0.3, -0.25) is 39.1 Å². The van der Waals surface area contributed by atoms with Crippen LogP contribution in [-0.2, 0) is 40.1 Å². The molecule has 0 saturated carbocycles. The number of esters is 1. The highest BCUT2D eigenvalue weighted by atomic mass is 19.4. The van der Waals surface area contributed by atoms with Gasteiger partial charge in [0.15, 0.2) is 0 Å². The van der Waals surface area contributed by atoms with E-state index in [1.807, 2.05) is 27.7 Å². The van der Waals surface area contributed by atoms with Gasteiger partial charge in [0.2, 0.25) is 23.6 Å². The average molecular weight is 774 g/mol. The lowest BCUT2D eigenvalue weighted by atomic mass is 10.00. The molecule has 2 saturated heterocycles. The van der Waals surface area contributed by atoms with Gasteiger partial charge < -0.3 is 20.1 Å². The van der Waals surface area contributed by atoms with Crippen molar-refractivity contribution in [2.45, 2.75) is 126 Å². The van der Waals surface area contributed by atoms with Gasteiger partial charge in [0.25, 0.3) is 0 Å². The molecule has 3 unspecified atom stereocenters. The second-order valence-corrected chi connectivity index (χ2v) is 13.0. The van der Waals surface area contributed by atoms with Crippen LogP contribution >= 0.6 is 0 Å². The minimum Gasteiger partial charge on any atom is -0.461 e. The minimum absolute atomic E-state index is 0.0854. The number of carbonyl (C=O) groups is 5. The van der Waals surface area contributed by atoms with Crippen molar-refractivity contribution in [3.63, 3.8) is 0 Å². The fourth-order valence-corrected chi connectivity index (χ4v) is 5.50. The standard InChI is InChI=1S/C28H39F3N4O6.C7H15NO.2C2H6/c1-17(2)25(26(39)32-15-23(37)33-21-11-9-20(10-12-21)16-41-19(4)36)34-22(28(29,30)31)8-6-5-7-13-35-24(38)14-18(3)27(35)40;1-2-3-8-4-6-9-7-5-8;2*1-2/h9-12,17-18,22,25,34H,5-8,13-16H2,1-4H3,(H,32,39)(H,33,37);2-7H2,1H3;2*1-2H3. The second-order valence-electron chi connectivity index (χ2n) is 13.0. The van der Waals surface area contributed by atoms with Gasteiger partial charge in [0.05, 0.1) is 25.8 Å². The number of carbonyl (C=O) groups excluding carboxylic acids is 5. The molecule has 3 N–H and O–H groups in total. The van der Waals surface area contributed by atoms with Gasteiger partial charge in [-0.2, -0.15) is 13.2 Å². The number of benzene rings is 1. The Kier molecular flexibility index (Phi) is 26.1. The molecule has 0 aliphatic carbocycles. The smallest absolute Gasteiger partial charge is 0.403 e. The third kappa shape index (κ3) is 20.2. The van der Waals surface area contributed by atoms with Gasteiger partial charge >= 0.3 is 12.1 Å². The molecule has 310 valence electrons. The monoisotopic (exact) mass is 773 g/mol. The number of imide groups is 1. The highest BCUT2D eigenvalue weighted by Gasteiger charge is 2.42. The van der Waals surface area contributed by atoms with Gasteiger partial charge in [-0.05, 0) is 49.4 Å². The number of anilines is 1. The summed E-state index contributed by atoms with van der Waals surface area (Å²) in [4.78, 5) is 63.4. The van der Waals surface area contributed by atoms with E-state index in [4.69, 9.17) is 9.47 Å². The summed E-state index contributed by atoms with van der Waals surface area (Å²) >= 11 is 0. The molecule has 15 heteroatoms. The van der Waals surface area contributed by atoms with E-state index in [-0.39, 0.29) is 50.1 Å². The highest BCUT2D eigenvalue weighted by molar-refractivity contribution is 6.03. The van der Waals surface area contributed by atoms with E-state index in [1.54, 1.807) is 45.0 Å². The van der Waals surface area contributed by atoms with E-state index in [1.165, 1.54) is 24.8 Å². The molecule has 2 aliphatic rings. The van der Waals surface area contributed by atoms with Crippen LogP contribution in [0.5, 0.6) is 0 Å². The summed E-state index contributed by atoms with van der Waals surface area (Å²) in [5.41, 5.74) is 1.14. The third-order valence-electron chi connectivity index (χ3n) is 8.32. The number of nitrogens with zero attached hydrogens (tertiary/aromatic N) is 2. The molecular formula is C39H66F3N5O7. The number of hydrogen-bond donors (Lipinski definition) is 3. The van der Waals surface area contributed by atoms with Crippen LogP contribution in [0.3, 0.4) is 0 Å². The van der Waals surface area contributed by atoms with Crippen molar-refractivity contribution in [3.8, 4) is 0 Å². The summed E-state index contributed by atoms with van der Waals surface area (Å²) in [6.45, 7) is 21.6. The molecule has 0 radical (unpaired) electrons. The number of morpholine rings is 1. The number of alkyl halides is 3. The van der Waals surface area contributed by atoms with Crippen molar-refractivity contribution < 1.29 is 46.6 Å². The molecule has 2 aliphatic heterocycles. The Morgan fingerprint density at radius 3 is 2.07 bits per heavy atom. The van der Waals surface area contributed by atoms with Gasteiger partial charge in [-0.15, -0.1) is 0 Å². The number of nitrogens with one attached hydrogen (secondary N) is 3. The molecule has 54 heavy (non-hydrogen) atoms. The zero-order valence-corrected chi connectivity index (χ0v) is 33.9. The lowest BCUT2D eigenvalue weighted by Crippen LogP contribution is -2.56. The molecule has 3 atom stereocenters. The maximum Gasteiger partial charge on any atom is 0.403 e. The predicted molar refractivity (Wildman–Crippen MR) is 204 cm³/mol. The van der Waals surface area contributed by atoms with Gasteiger partial charge in [-0.1, -0.05) is 80.4 Å². The molecule has 2 fully saturated rings. The Balaban J connectivity index is 0.00000184. The molecule has 4 amide bonds. The maximum absolute atomic E-state index is 13.8. The number of rotatable bonds is 17. The van der Waals surface area contributed by atoms with Crippen LogP contribution in [0, 0.1) is 11.8 Å². The first kappa shape index (κ1) is 50.4. The van der Waals surface area contributed by atoms with Crippen molar-refractivity contribution in [2.24, 2.45) is 11.8 Å². The van der Waals surface area contributed by atoms with Crippen LogP contribution in [0.2, 0.25) is 0 Å². The molecular weight excluding hydrogens is 707 g/mol. The van der Waals surface area contributed by atoms with Crippen molar-refractivity contribution in [2.75, 3.05) is 51.3 Å². The highest BCUT2D eigenvalue weighted by Crippen LogP contribution is 2.26.